The van der Waals surface area contributed by atoms with Gasteiger partial charge in [0.15, 0.2) is 12.4 Å². The van der Waals surface area contributed by atoms with E-state index in [-0.39, 0.29) is 31.1 Å². The number of Topliss-reactive ketones (excluding diaryl/α,β-unsaturated/α-hetero) is 1. The van der Waals surface area contributed by atoms with Gasteiger partial charge in [-0.2, -0.15) is 0 Å². The van der Waals surface area contributed by atoms with Crippen LogP contribution in [0.3, 0.4) is 0 Å². The molecule has 2 aromatic carbocycles. The molecule has 164 valence electrons. The van der Waals surface area contributed by atoms with E-state index in [2.05, 4.69) is 5.32 Å². The molecule has 0 bridgehead atoms. The number of hydrogen-bond donors (Lipinski definition) is 1. The molecule has 0 aromatic heterocycles. The van der Waals surface area contributed by atoms with Gasteiger partial charge in [0.05, 0.1) is 13.5 Å². The van der Waals surface area contributed by atoms with Crippen molar-refractivity contribution in [2.75, 3.05) is 19.0 Å². The van der Waals surface area contributed by atoms with E-state index >= 15 is 0 Å². The summed E-state index contributed by atoms with van der Waals surface area (Å²) < 4.78 is 10.1. The Hall–Kier alpha value is -3.15. The Bertz CT molecular complexity index is 883. The number of benzene rings is 2. The fourth-order valence-corrected chi connectivity index (χ4v) is 3.79. The largest absolute Gasteiger partial charge is 0.497 e. The molecular weight excluding hydrogens is 394 g/mol. The lowest BCUT2D eigenvalue weighted by molar-refractivity contribution is -0.143. The molecule has 1 fully saturated rings. The third-order valence-electron chi connectivity index (χ3n) is 5.60. The third kappa shape index (κ3) is 6.95. The summed E-state index contributed by atoms with van der Waals surface area (Å²) in [4.78, 5) is 36.2. The summed E-state index contributed by atoms with van der Waals surface area (Å²) in [5.41, 5.74) is 2.42. The summed E-state index contributed by atoms with van der Waals surface area (Å²) in [5, 5.41) is 2.70. The molecule has 1 aliphatic carbocycles. The highest BCUT2D eigenvalue weighted by atomic mass is 16.5. The van der Waals surface area contributed by atoms with Crippen LogP contribution in [0.25, 0.3) is 0 Å². The summed E-state index contributed by atoms with van der Waals surface area (Å²) in [5.74, 6) is 0.157. The number of nitrogens with one attached hydrogen (secondary N) is 1. The number of esters is 1. The van der Waals surface area contributed by atoms with Crippen molar-refractivity contribution in [1.29, 1.82) is 0 Å². The lowest BCUT2D eigenvalue weighted by Crippen LogP contribution is -2.17. The summed E-state index contributed by atoms with van der Waals surface area (Å²) >= 11 is 0. The molecule has 6 heteroatoms. The van der Waals surface area contributed by atoms with Crippen molar-refractivity contribution in [3.8, 4) is 5.75 Å². The molecule has 1 amide bonds. The van der Waals surface area contributed by atoms with Crippen LogP contribution in [0.2, 0.25) is 0 Å². The molecule has 0 aliphatic heterocycles. The molecule has 0 unspecified atom stereocenters. The second-order valence-electron chi connectivity index (χ2n) is 7.82. The van der Waals surface area contributed by atoms with Gasteiger partial charge in [0.2, 0.25) is 5.91 Å². The molecule has 6 nitrogen and oxygen atoms in total. The number of anilines is 1. The lowest BCUT2D eigenvalue weighted by Gasteiger charge is -2.22. The smallest absolute Gasteiger partial charge is 0.306 e. The highest BCUT2D eigenvalue weighted by Gasteiger charge is 2.16. The third-order valence-corrected chi connectivity index (χ3v) is 5.60. The molecule has 31 heavy (non-hydrogen) atoms. The number of carbonyl (C=O) groups excluding carboxylic acids is 3. The van der Waals surface area contributed by atoms with Gasteiger partial charge in [-0.15, -0.1) is 0 Å². The van der Waals surface area contributed by atoms with E-state index < -0.39 is 5.97 Å². The van der Waals surface area contributed by atoms with Crippen LogP contribution in [0.15, 0.2) is 48.5 Å². The van der Waals surface area contributed by atoms with Gasteiger partial charge >= 0.3 is 5.97 Å². The van der Waals surface area contributed by atoms with Crippen LogP contribution < -0.4 is 10.1 Å². The standard InChI is InChI=1S/C25H29NO5/c1-30-22-13-11-21(12-14-22)26-24(28)15-16-25(29)31-17-23(27)20-9-7-19(8-10-20)18-5-3-2-4-6-18/h7-14,18H,2-6,15-17H2,1H3,(H,26,28). The van der Waals surface area contributed by atoms with Crippen LogP contribution in [-0.2, 0) is 14.3 Å². The van der Waals surface area contributed by atoms with Crippen LogP contribution in [0.5, 0.6) is 5.75 Å². The van der Waals surface area contributed by atoms with Crippen molar-refractivity contribution in [3.05, 3.63) is 59.7 Å². The number of methoxy groups -OCH3 is 1. The van der Waals surface area contributed by atoms with Crippen molar-refractivity contribution >= 4 is 23.3 Å². The Kier molecular flexibility index (Phi) is 8.21. The predicted octanol–water partition coefficient (Wildman–Crippen LogP) is 4.89. The maximum absolute atomic E-state index is 12.3. The molecule has 0 radical (unpaired) electrons. The van der Waals surface area contributed by atoms with E-state index in [4.69, 9.17) is 9.47 Å². The van der Waals surface area contributed by atoms with Crippen molar-refractivity contribution in [2.24, 2.45) is 0 Å². The first kappa shape index (κ1) is 22.5. The molecule has 0 spiro atoms. The van der Waals surface area contributed by atoms with Crippen LogP contribution in [0, 0.1) is 0 Å². The van der Waals surface area contributed by atoms with Gasteiger partial charge in [0.25, 0.3) is 0 Å². The van der Waals surface area contributed by atoms with E-state index in [1.807, 2.05) is 24.3 Å². The van der Waals surface area contributed by atoms with Gasteiger partial charge in [0, 0.05) is 17.7 Å². The van der Waals surface area contributed by atoms with Crippen LogP contribution >= 0.6 is 0 Å². The number of amides is 1. The summed E-state index contributed by atoms with van der Waals surface area (Å²) in [6.07, 6.45) is 6.14. The van der Waals surface area contributed by atoms with Crippen LogP contribution in [-0.4, -0.2) is 31.4 Å². The average molecular weight is 424 g/mol. The van der Waals surface area contributed by atoms with E-state index in [0.29, 0.717) is 22.9 Å². The second-order valence-corrected chi connectivity index (χ2v) is 7.82. The minimum Gasteiger partial charge on any atom is -0.497 e. The van der Waals surface area contributed by atoms with Gasteiger partial charge in [-0.05, 0) is 48.6 Å². The highest BCUT2D eigenvalue weighted by molar-refractivity contribution is 5.98. The number of rotatable bonds is 9. The van der Waals surface area contributed by atoms with Gasteiger partial charge in [-0.25, -0.2) is 0 Å². The first-order valence-electron chi connectivity index (χ1n) is 10.8. The Balaban J connectivity index is 1.38. The van der Waals surface area contributed by atoms with Crippen LogP contribution in [0.1, 0.15) is 66.8 Å². The lowest BCUT2D eigenvalue weighted by atomic mass is 9.84. The molecular formula is C25H29NO5. The molecule has 1 aliphatic rings. The van der Waals surface area contributed by atoms with E-state index in [9.17, 15) is 14.4 Å². The fraction of sp³-hybridized carbons (Fsp3) is 0.400. The quantitative estimate of drug-likeness (QED) is 0.459. The zero-order chi connectivity index (χ0) is 22.1. The molecule has 1 N–H and O–H groups in total. The van der Waals surface area contributed by atoms with Crippen molar-refractivity contribution in [1.82, 2.24) is 0 Å². The summed E-state index contributed by atoms with van der Waals surface area (Å²) in [7, 11) is 1.57. The van der Waals surface area contributed by atoms with E-state index in [0.717, 1.165) is 0 Å². The fourth-order valence-electron chi connectivity index (χ4n) is 3.79. The zero-order valence-electron chi connectivity index (χ0n) is 17.9. The van der Waals surface area contributed by atoms with Crippen molar-refractivity contribution in [3.63, 3.8) is 0 Å². The molecule has 0 heterocycles. The maximum atomic E-state index is 12.3. The number of hydrogen-bond acceptors (Lipinski definition) is 5. The first-order valence-corrected chi connectivity index (χ1v) is 10.8. The topological polar surface area (TPSA) is 81.7 Å². The Labute approximate surface area is 182 Å². The molecule has 1 saturated carbocycles. The predicted molar refractivity (Wildman–Crippen MR) is 118 cm³/mol. The van der Waals surface area contributed by atoms with Gasteiger partial charge in [0.1, 0.15) is 5.75 Å². The summed E-state index contributed by atoms with van der Waals surface area (Å²) in [6.45, 7) is -0.318. The number of ketones is 1. The normalized spacial score (nSPS) is 14.0. The second kappa shape index (κ2) is 11.3. The van der Waals surface area contributed by atoms with Crippen molar-refractivity contribution < 1.29 is 23.9 Å². The first-order chi connectivity index (χ1) is 15.0. The molecule has 0 saturated heterocycles. The van der Waals surface area contributed by atoms with E-state index in [1.54, 1.807) is 31.4 Å². The minimum absolute atomic E-state index is 0.0187. The van der Waals surface area contributed by atoms with Crippen molar-refractivity contribution in [2.45, 2.75) is 50.9 Å². The SMILES string of the molecule is COc1ccc(NC(=O)CCC(=O)OCC(=O)c2ccc(C3CCCCC3)cc2)cc1. The Morgan fingerprint density at radius 3 is 2.23 bits per heavy atom. The zero-order valence-corrected chi connectivity index (χ0v) is 17.9. The summed E-state index contributed by atoms with van der Waals surface area (Å²) in [6, 6.07) is 14.5. The van der Waals surface area contributed by atoms with Gasteiger partial charge in [-0.3, -0.25) is 14.4 Å². The van der Waals surface area contributed by atoms with Crippen LogP contribution in [0.4, 0.5) is 5.69 Å². The molecule has 3 rings (SSSR count). The molecule has 0 atom stereocenters. The number of carbonyl (C=O) groups is 3. The van der Waals surface area contributed by atoms with E-state index in [1.165, 1.54) is 37.7 Å². The molecule has 2 aromatic rings. The van der Waals surface area contributed by atoms with Gasteiger partial charge < -0.3 is 14.8 Å². The van der Waals surface area contributed by atoms with Gasteiger partial charge in [-0.1, -0.05) is 43.5 Å². The minimum atomic E-state index is -0.572. The maximum Gasteiger partial charge on any atom is 0.306 e. The monoisotopic (exact) mass is 423 g/mol. The highest BCUT2D eigenvalue weighted by Crippen LogP contribution is 2.32. The number of ether oxygens (including phenoxy) is 2. The Morgan fingerprint density at radius 1 is 0.903 bits per heavy atom. The average Bonchev–Trinajstić information content (AvgIpc) is 2.82. The Morgan fingerprint density at radius 2 is 1.58 bits per heavy atom.